The number of hydrogen-bond donors (Lipinski definition) is 3. The molecule has 0 aliphatic heterocycles. The molecule has 0 radical (unpaired) electrons. The van der Waals surface area contributed by atoms with Gasteiger partial charge in [0.05, 0.1) is 25.0 Å². The van der Waals surface area contributed by atoms with Gasteiger partial charge in [-0.1, -0.05) is 43.7 Å². The summed E-state index contributed by atoms with van der Waals surface area (Å²) in [5.41, 5.74) is 6.03. The fourth-order valence-electron chi connectivity index (χ4n) is 3.08. The Hall–Kier alpha value is -4.33. The van der Waals surface area contributed by atoms with E-state index in [9.17, 15) is 14.4 Å². The lowest BCUT2D eigenvalue weighted by Gasteiger charge is -2.14. The third-order valence-corrected chi connectivity index (χ3v) is 4.93. The first-order valence-electron chi connectivity index (χ1n) is 10.9. The van der Waals surface area contributed by atoms with Crippen LogP contribution in [0.4, 0.5) is 5.69 Å². The zero-order valence-electron chi connectivity index (χ0n) is 19.1. The Kier molecular flexibility index (Phi) is 8.62. The third-order valence-electron chi connectivity index (χ3n) is 4.93. The van der Waals surface area contributed by atoms with Gasteiger partial charge in [-0.25, -0.2) is 0 Å². The van der Waals surface area contributed by atoms with Crippen molar-refractivity contribution in [2.45, 2.75) is 19.8 Å². The highest BCUT2D eigenvalue weighted by Crippen LogP contribution is 2.28. The Morgan fingerprint density at radius 1 is 0.765 bits per heavy atom. The zero-order valence-corrected chi connectivity index (χ0v) is 19.1. The largest absolute Gasteiger partial charge is 0.493 e. The average molecular weight is 462 g/mol. The third kappa shape index (κ3) is 6.35. The van der Waals surface area contributed by atoms with E-state index >= 15 is 0 Å². The molecule has 0 aliphatic rings. The van der Waals surface area contributed by atoms with Crippen molar-refractivity contribution in [2.24, 2.45) is 0 Å². The number of methoxy groups -OCH3 is 1. The minimum Gasteiger partial charge on any atom is -0.493 e. The van der Waals surface area contributed by atoms with E-state index in [-0.39, 0.29) is 17.0 Å². The highest BCUT2D eigenvalue weighted by atomic mass is 16.5. The van der Waals surface area contributed by atoms with Gasteiger partial charge >= 0.3 is 0 Å². The van der Waals surface area contributed by atoms with Crippen LogP contribution in [0, 0.1) is 0 Å². The summed E-state index contributed by atoms with van der Waals surface area (Å²) in [6, 6.07) is 20.0. The second-order valence-corrected chi connectivity index (χ2v) is 7.34. The number of rotatable bonds is 9. The molecule has 0 atom stereocenters. The molecule has 0 heterocycles. The van der Waals surface area contributed by atoms with Crippen LogP contribution >= 0.6 is 0 Å². The van der Waals surface area contributed by atoms with Crippen molar-refractivity contribution in [3.8, 4) is 11.5 Å². The van der Waals surface area contributed by atoms with Crippen molar-refractivity contribution in [3.63, 3.8) is 0 Å². The second kappa shape index (κ2) is 12.1. The molecule has 3 amide bonds. The molecule has 34 heavy (non-hydrogen) atoms. The van der Waals surface area contributed by atoms with Crippen LogP contribution < -0.4 is 25.6 Å². The standard InChI is InChI=1S/C26H27N3O5/c1-3-4-16-34-22-15-14-19(17-23(22)33-2)25(31)28-29-26(32)20-12-8-9-13-21(20)27-24(30)18-10-6-5-7-11-18/h5-15,17H,3-4,16H2,1-2H3,(H,27,30)(H,28,31)(H,29,32). The van der Waals surface area contributed by atoms with Crippen LogP contribution in [0.3, 0.4) is 0 Å². The fraction of sp³-hybridized carbons (Fsp3) is 0.192. The first kappa shape index (κ1) is 24.3. The van der Waals surface area contributed by atoms with Crippen molar-refractivity contribution in [1.82, 2.24) is 10.9 Å². The van der Waals surface area contributed by atoms with E-state index in [1.807, 2.05) is 6.07 Å². The molecule has 3 N–H and O–H groups in total. The summed E-state index contributed by atoms with van der Waals surface area (Å²) in [5.74, 6) is -0.497. The van der Waals surface area contributed by atoms with Crippen LogP contribution in [0.5, 0.6) is 11.5 Å². The minimum atomic E-state index is -0.580. The molecule has 0 saturated heterocycles. The number of anilines is 1. The summed E-state index contributed by atoms with van der Waals surface area (Å²) in [7, 11) is 1.49. The summed E-state index contributed by atoms with van der Waals surface area (Å²) in [6.07, 6.45) is 1.91. The number of hydrogen-bond acceptors (Lipinski definition) is 5. The van der Waals surface area contributed by atoms with Crippen molar-refractivity contribution in [2.75, 3.05) is 19.0 Å². The van der Waals surface area contributed by atoms with Gasteiger partial charge in [-0.3, -0.25) is 25.2 Å². The van der Waals surface area contributed by atoms with Crippen molar-refractivity contribution >= 4 is 23.4 Å². The molecule has 3 rings (SSSR count). The Morgan fingerprint density at radius 2 is 1.47 bits per heavy atom. The van der Waals surface area contributed by atoms with E-state index in [1.165, 1.54) is 13.2 Å². The molecule has 176 valence electrons. The van der Waals surface area contributed by atoms with E-state index in [0.29, 0.717) is 29.4 Å². The number of carbonyl (C=O) groups excluding carboxylic acids is 3. The predicted molar refractivity (Wildman–Crippen MR) is 129 cm³/mol. The van der Waals surface area contributed by atoms with E-state index in [4.69, 9.17) is 9.47 Å². The summed E-state index contributed by atoms with van der Waals surface area (Å²) in [4.78, 5) is 37.8. The summed E-state index contributed by atoms with van der Waals surface area (Å²) >= 11 is 0. The molecule has 8 heteroatoms. The summed E-state index contributed by atoms with van der Waals surface area (Å²) < 4.78 is 11.0. The number of hydrazine groups is 1. The monoisotopic (exact) mass is 461 g/mol. The van der Waals surface area contributed by atoms with Crippen molar-refractivity contribution < 1.29 is 23.9 Å². The Balaban J connectivity index is 1.64. The van der Waals surface area contributed by atoms with E-state index in [0.717, 1.165) is 12.8 Å². The van der Waals surface area contributed by atoms with Crippen molar-refractivity contribution in [1.29, 1.82) is 0 Å². The molecule has 0 spiro atoms. The van der Waals surface area contributed by atoms with Crippen LogP contribution in [-0.4, -0.2) is 31.4 Å². The van der Waals surface area contributed by atoms with Crippen LogP contribution in [0.15, 0.2) is 72.8 Å². The van der Waals surface area contributed by atoms with Crippen LogP contribution in [0.25, 0.3) is 0 Å². The lowest BCUT2D eigenvalue weighted by Crippen LogP contribution is -2.41. The number of amides is 3. The first-order valence-corrected chi connectivity index (χ1v) is 10.9. The topological polar surface area (TPSA) is 106 Å². The van der Waals surface area contributed by atoms with Gasteiger partial charge in [-0.2, -0.15) is 0 Å². The maximum absolute atomic E-state index is 12.7. The lowest BCUT2D eigenvalue weighted by atomic mass is 10.1. The van der Waals surface area contributed by atoms with Crippen LogP contribution in [0.1, 0.15) is 50.8 Å². The molecule has 0 aromatic heterocycles. The molecule has 3 aromatic rings. The zero-order chi connectivity index (χ0) is 24.3. The van der Waals surface area contributed by atoms with Gasteiger partial charge in [0.15, 0.2) is 11.5 Å². The molecule has 0 saturated carbocycles. The quantitative estimate of drug-likeness (QED) is 0.327. The fourth-order valence-corrected chi connectivity index (χ4v) is 3.08. The highest BCUT2D eigenvalue weighted by Gasteiger charge is 2.16. The molecule has 0 aliphatic carbocycles. The Labute approximate surface area is 198 Å². The Bertz CT molecular complexity index is 1150. The van der Waals surface area contributed by atoms with Crippen molar-refractivity contribution in [3.05, 3.63) is 89.5 Å². The minimum absolute atomic E-state index is 0.198. The molecular formula is C26H27N3O5. The van der Waals surface area contributed by atoms with Gasteiger partial charge in [0.2, 0.25) is 0 Å². The maximum Gasteiger partial charge on any atom is 0.271 e. The number of ether oxygens (including phenoxy) is 2. The van der Waals surface area contributed by atoms with E-state index in [1.54, 1.807) is 60.7 Å². The van der Waals surface area contributed by atoms with E-state index in [2.05, 4.69) is 23.1 Å². The number of nitrogens with one attached hydrogen (secondary N) is 3. The van der Waals surface area contributed by atoms with Crippen LogP contribution in [-0.2, 0) is 0 Å². The molecule has 0 fully saturated rings. The van der Waals surface area contributed by atoms with Gasteiger partial charge < -0.3 is 14.8 Å². The number of unbranched alkanes of at least 4 members (excludes halogenated alkanes) is 1. The lowest BCUT2D eigenvalue weighted by molar-refractivity contribution is 0.0846. The highest BCUT2D eigenvalue weighted by molar-refractivity contribution is 6.09. The molecule has 8 nitrogen and oxygen atoms in total. The maximum atomic E-state index is 12.7. The number of benzene rings is 3. The molecule has 0 bridgehead atoms. The number of para-hydroxylation sites is 1. The summed E-state index contributed by atoms with van der Waals surface area (Å²) in [6.45, 7) is 2.62. The molecular weight excluding hydrogens is 434 g/mol. The summed E-state index contributed by atoms with van der Waals surface area (Å²) in [5, 5.41) is 2.73. The smallest absolute Gasteiger partial charge is 0.271 e. The first-order chi connectivity index (χ1) is 16.5. The normalized spacial score (nSPS) is 10.2. The molecule has 0 unspecified atom stereocenters. The SMILES string of the molecule is CCCCOc1ccc(C(=O)NNC(=O)c2ccccc2NC(=O)c2ccccc2)cc1OC. The van der Waals surface area contributed by atoms with Gasteiger partial charge in [-0.15, -0.1) is 0 Å². The molecule has 3 aromatic carbocycles. The van der Waals surface area contributed by atoms with Gasteiger partial charge in [0.1, 0.15) is 0 Å². The van der Waals surface area contributed by atoms with Gasteiger partial charge in [-0.05, 0) is 48.9 Å². The average Bonchev–Trinajstić information content (AvgIpc) is 2.88. The van der Waals surface area contributed by atoms with Crippen LogP contribution in [0.2, 0.25) is 0 Å². The van der Waals surface area contributed by atoms with E-state index < -0.39 is 11.8 Å². The Morgan fingerprint density at radius 3 is 2.21 bits per heavy atom. The van der Waals surface area contributed by atoms with Gasteiger partial charge in [0.25, 0.3) is 17.7 Å². The predicted octanol–water partition coefficient (Wildman–Crippen LogP) is 4.20. The van der Waals surface area contributed by atoms with Gasteiger partial charge in [0, 0.05) is 11.1 Å². The second-order valence-electron chi connectivity index (χ2n) is 7.34. The number of carbonyl (C=O) groups is 3.